The van der Waals surface area contributed by atoms with Crippen molar-refractivity contribution < 1.29 is 0 Å². The molecule has 0 saturated carbocycles. The van der Waals surface area contributed by atoms with Gasteiger partial charge < -0.3 is 0 Å². The summed E-state index contributed by atoms with van der Waals surface area (Å²) in [5, 5.41) is 9.24. The van der Waals surface area contributed by atoms with Crippen LogP contribution in [0.25, 0.3) is 0 Å². The summed E-state index contributed by atoms with van der Waals surface area (Å²) in [4.78, 5) is 2.17. The zero-order valence-electron chi connectivity index (χ0n) is 9.70. The Balaban J connectivity index is 3.03. The van der Waals surface area contributed by atoms with Crippen molar-refractivity contribution in [3.63, 3.8) is 0 Å². The quantitative estimate of drug-likeness (QED) is 0.750. The van der Waals surface area contributed by atoms with Gasteiger partial charge in [0.2, 0.25) is 0 Å². The van der Waals surface area contributed by atoms with Gasteiger partial charge in [-0.3, -0.25) is 4.90 Å². The van der Waals surface area contributed by atoms with Crippen LogP contribution in [0.1, 0.15) is 31.0 Å². The van der Waals surface area contributed by atoms with E-state index < -0.39 is 0 Å². The minimum absolute atomic E-state index is 0.110. The normalized spacial score (nSPS) is 12.5. The van der Waals surface area contributed by atoms with Crippen molar-refractivity contribution in [2.75, 3.05) is 13.1 Å². The number of hydrogen-bond acceptors (Lipinski definition) is 2. The molecule has 1 unspecified atom stereocenters. The topological polar surface area (TPSA) is 27.0 Å². The minimum atomic E-state index is -0.110. The van der Waals surface area contributed by atoms with Gasteiger partial charge in [-0.2, -0.15) is 5.26 Å². The van der Waals surface area contributed by atoms with Crippen molar-refractivity contribution in [3.05, 3.63) is 35.4 Å². The van der Waals surface area contributed by atoms with Gasteiger partial charge in [0.1, 0.15) is 6.04 Å². The molecule has 15 heavy (non-hydrogen) atoms. The second kappa shape index (κ2) is 5.53. The van der Waals surface area contributed by atoms with Crippen LogP contribution >= 0.6 is 0 Å². The summed E-state index contributed by atoms with van der Waals surface area (Å²) < 4.78 is 0. The lowest BCUT2D eigenvalue weighted by molar-refractivity contribution is 0.262. The van der Waals surface area contributed by atoms with Gasteiger partial charge in [0.25, 0.3) is 0 Å². The van der Waals surface area contributed by atoms with Crippen LogP contribution in [0.3, 0.4) is 0 Å². The number of hydrogen-bond donors (Lipinski definition) is 0. The van der Waals surface area contributed by atoms with Crippen LogP contribution in [0.2, 0.25) is 0 Å². The highest BCUT2D eigenvalue weighted by Crippen LogP contribution is 2.22. The van der Waals surface area contributed by atoms with Gasteiger partial charge >= 0.3 is 0 Å². The van der Waals surface area contributed by atoms with E-state index in [0.717, 1.165) is 18.7 Å². The predicted octanol–water partition coefficient (Wildman–Crippen LogP) is 2.90. The molecule has 0 radical (unpaired) electrons. The summed E-state index contributed by atoms with van der Waals surface area (Å²) in [5.74, 6) is 0. The SMILES string of the molecule is CCN(CC)C(C#N)c1ccccc1C. The molecule has 0 aliphatic carbocycles. The van der Waals surface area contributed by atoms with E-state index in [1.165, 1.54) is 5.56 Å². The molecule has 0 aromatic heterocycles. The number of rotatable bonds is 4. The fraction of sp³-hybridized carbons (Fsp3) is 0.462. The first-order valence-electron chi connectivity index (χ1n) is 5.43. The Kier molecular flexibility index (Phi) is 4.33. The molecule has 0 aliphatic heterocycles. The van der Waals surface area contributed by atoms with Gasteiger partial charge in [-0.25, -0.2) is 0 Å². The molecular formula is C13H18N2. The van der Waals surface area contributed by atoms with Crippen LogP contribution < -0.4 is 0 Å². The number of aryl methyl sites for hydroxylation is 1. The maximum absolute atomic E-state index is 9.24. The monoisotopic (exact) mass is 202 g/mol. The smallest absolute Gasteiger partial charge is 0.124 e. The van der Waals surface area contributed by atoms with Crippen LogP contribution in [-0.4, -0.2) is 18.0 Å². The fourth-order valence-electron chi connectivity index (χ4n) is 1.83. The third-order valence-electron chi connectivity index (χ3n) is 2.78. The van der Waals surface area contributed by atoms with Crippen LogP contribution in [0.15, 0.2) is 24.3 Å². The van der Waals surface area contributed by atoms with Crippen LogP contribution in [0.4, 0.5) is 0 Å². The number of nitrogens with zero attached hydrogens (tertiary/aromatic N) is 2. The van der Waals surface area contributed by atoms with Gasteiger partial charge in [-0.1, -0.05) is 38.1 Å². The van der Waals surface area contributed by atoms with E-state index in [0.29, 0.717) is 0 Å². The summed E-state index contributed by atoms with van der Waals surface area (Å²) in [6.45, 7) is 8.05. The Morgan fingerprint density at radius 1 is 1.27 bits per heavy atom. The molecule has 0 saturated heterocycles. The fourth-order valence-corrected chi connectivity index (χ4v) is 1.83. The summed E-state index contributed by atoms with van der Waals surface area (Å²) in [7, 11) is 0. The zero-order valence-corrected chi connectivity index (χ0v) is 9.70. The lowest BCUT2D eigenvalue weighted by Gasteiger charge is -2.25. The molecular weight excluding hydrogens is 184 g/mol. The van der Waals surface area contributed by atoms with Gasteiger partial charge in [0, 0.05) is 0 Å². The van der Waals surface area contributed by atoms with Crippen LogP contribution in [0.5, 0.6) is 0 Å². The Hall–Kier alpha value is -1.33. The third-order valence-corrected chi connectivity index (χ3v) is 2.78. The Morgan fingerprint density at radius 3 is 2.33 bits per heavy atom. The largest absolute Gasteiger partial charge is 0.285 e. The number of benzene rings is 1. The molecule has 1 aromatic rings. The molecule has 1 rings (SSSR count). The first kappa shape index (κ1) is 11.7. The molecule has 0 fully saturated rings. The van der Waals surface area contributed by atoms with E-state index >= 15 is 0 Å². The van der Waals surface area contributed by atoms with Gasteiger partial charge in [-0.15, -0.1) is 0 Å². The predicted molar refractivity (Wildman–Crippen MR) is 62.5 cm³/mol. The van der Waals surface area contributed by atoms with Crippen molar-refractivity contribution >= 4 is 0 Å². The molecule has 0 N–H and O–H groups in total. The molecule has 2 nitrogen and oxygen atoms in total. The first-order chi connectivity index (χ1) is 7.24. The summed E-state index contributed by atoms with van der Waals surface area (Å²) in [6, 6.07) is 10.4. The van der Waals surface area contributed by atoms with Crippen molar-refractivity contribution in [2.24, 2.45) is 0 Å². The van der Waals surface area contributed by atoms with E-state index in [-0.39, 0.29) is 6.04 Å². The van der Waals surface area contributed by atoms with Gasteiger partial charge in [0.05, 0.1) is 6.07 Å². The Morgan fingerprint density at radius 2 is 1.87 bits per heavy atom. The highest BCUT2D eigenvalue weighted by atomic mass is 15.1. The molecule has 0 bridgehead atoms. The van der Waals surface area contributed by atoms with Crippen molar-refractivity contribution in [1.82, 2.24) is 4.90 Å². The van der Waals surface area contributed by atoms with Gasteiger partial charge in [0.15, 0.2) is 0 Å². The summed E-state index contributed by atoms with van der Waals surface area (Å²) in [5.41, 5.74) is 2.32. The zero-order chi connectivity index (χ0) is 11.3. The lowest BCUT2D eigenvalue weighted by Crippen LogP contribution is -2.27. The number of nitriles is 1. The molecule has 0 heterocycles. The average molecular weight is 202 g/mol. The molecule has 0 amide bonds. The van der Waals surface area contributed by atoms with E-state index in [2.05, 4.69) is 37.8 Å². The Labute approximate surface area is 92.1 Å². The second-order valence-corrected chi connectivity index (χ2v) is 3.61. The Bertz CT molecular complexity index is 348. The third kappa shape index (κ3) is 2.57. The highest BCUT2D eigenvalue weighted by Gasteiger charge is 2.18. The van der Waals surface area contributed by atoms with E-state index in [4.69, 9.17) is 0 Å². The first-order valence-corrected chi connectivity index (χ1v) is 5.43. The molecule has 1 aromatic carbocycles. The summed E-state index contributed by atoms with van der Waals surface area (Å²) >= 11 is 0. The van der Waals surface area contributed by atoms with Crippen LogP contribution in [0, 0.1) is 18.3 Å². The highest BCUT2D eigenvalue weighted by molar-refractivity contribution is 5.32. The van der Waals surface area contributed by atoms with E-state index in [1.807, 2.05) is 18.2 Å². The second-order valence-electron chi connectivity index (χ2n) is 3.61. The lowest BCUT2D eigenvalue weighted by atomic mass is 10.0. The maximum atomic E-state index is 9.24. The average Bonchev–Trinajstić information content (AvgIpc) is 2.27. The van der Waals surface area contributed by atoms with Crippen molar-refractivity contribution in [1.29, 1.82) is 5.26 Å². The minimum Gasteiger partial charge on any atom is -0.285 e. The van der Waals surface area contributed by atoms with Crippen molar-refractivity contribution in [3.8, 4) is 6.07 Å². The van der Waals surface area contributed by atoms with E-state index in [9.17, 15) is 5.26 Å². The standard InChI is InChI=1S/C13H18N2/c1-4-15(5-2)13(10-14)12-9-7-6-8-11(12)3/h6-9,13H,4-5H2,1-3H3. The van der Waals surface area contributed by atoms with Gasteiger partial charge in [-0.05, 0) is 31.1 Å². The van der Waals surface area contributed by atoms with Crippen molar-refractivity contribution in [2.45, 2.75) is 26.8 Å². The maximum Gasteiger partial charge on any atom is 0.124 e. The summed E-state index contributed by atoms with van der Waals surface area (Å²) in [6.07, 6.45) is 0. The molecule has 80 valence electrons. The van der Waals surface area contributed by atoms with E-state index in [1.54, 1.807) is 0 Å². The van der Waals surface area contributed by atoms with Crippen LogP contribution in [-0.2, 0) is 0 Å². The molecule has 0 aliphatic rings. The molecule has 2 heteroatoms. The molecule has 1 atom stereocenters. The molecule has 0 spiro atoms.